The molecule has 0 atom stereocenters. The standard InChI is InChI=1S/C25H18BrCl3N2O3/c1-2-33-19-6-4-18(5-7-19)31-25(32)17(13-30)9-16-10-20(26)24(23(29)12-16)34-14-15-3-8-21(27)22(28)11-15/h3-12H,2,14H2,1H3,(H,31,32)/b17-9-. The van der Waals surface area contributed by atoms with Crippen LogP contribution in [0.5, 0.6) is 11.5 Å². The molecule has 0 spiro atoms. The summed E-state index contributed by atoms with van der Waals surface area (Å²) in [6, 6.07) is 17.3. The number of carbonyl (C=O) groups is 1. The molecule has 0 bridgehead atoms. The molecule has 0 aromatic heterocycles. The predicted molar refractivity (Wildman–Crippen MR) is 140 cm³/mol. The van der Waals surface area contributed by atoms with Crippen LogP contribution in [0.2, 0.25) is 15.1 Å². The molecule has 0 aliphatic carbocycles. The number of nitriles is 1. The number of benzene rings is 3. The van der Waals surface area contributed by atoms with E-state index in [0.717, 1.165) is 5.56 Å². The third-order valence-electron chi connectivity index (χ3n) is 4.49. The Labute approximate surface area is 221 Å². The molecule has 0 fully saturated rings. The van der Waals surface area contributed by atoms with Crippen LogP contribution in [0.25, 0.3) is 6.08 Å². The third kappa shape index (κ3) is 6.91. The van der Waals surface area contributed by atoms with Gasteiger partial charge in [-0.3, -0.25) is 4.79 Å². The molecule has 174 valence electrons. The van der Waals surface area contributed by atoms with E-state index in [-0.39, 0.29) is 12.2 Å². The molecule has 1 amide bonds. The minimum absolute atomic E-state index is 0.0821. The number of hydrogen-bond donors (Lipinski definition) is 1. The molecule has 3 aromatic carbocycles. The van der Waals surface area contributed by atoms with Crippen LogP contribution in [0, 0.1) is 11.3 Å². The van der Waals surface area contributed by atoms with Gasteiger partial charge in [-0.2, -0.15) is 5.26 Å². The Hall–Kier alpha value is -2.69. The van der Waals surface area contributed by atoms with Gasteiger partial charge in [-0.15, -0.1) is 0 Å². The minimum atomic E-state index is -0.543. The van der Waals surface area contributed by atoms with Crippen LogP contribution >= 0.6 is 50.7 Å². The molecule has 1 N–H and O–H groups in total. The van der Waals surface area contributed by atoms with Crippen LogP contribution in [-0.2, 0) is 11.4 Å². The Morgan fingerprint density at radius 3 is 2.38 bits per heavy atom. The van der Waals surface area contributed by atoms with Crippen molar-refractivity contribution in [2.75, 3.05) is 11.9 Å². The fraction of sp³-hybridized carbons (Fsp3) is 0.120. The second-order valence-electron chi connectivity index (χ2n) is 6.93. The molecule has 9 heteroatoms. The average molecular weight is 581 g/mol. The summed E-state index contributed by atoms with van der Waals surface area (Å²) in [4.78, 5) is 12.6. The summed E-state index contributed by atoms with van der Waals surface area (Å²) in [5.41, 5.74) is 1.83. The molecule has 5 nitrogen and oxygen atoms in total. The normalized spacial score (nSPS) is 11.0. The van der Waals surface area contributed by atoms with Gasteiger partial charge in [0.05, 0.1) is 26.1 Å². The van der Waals surface area contributed by atoms with Crippen LogP contribution in [0.4, 0.5) is 5.69 Å². The Morgan fingerprint density at radius 2 is 1.76 bits per heavy atom. The first-order valence-corrected chi connectivity index (χ1v) is 11.9. The quantitative estimate of drug-likeness (QED) is 0.217. The lowest BCUT2D eigenvalue weighted by Gasteiger charge is -2.12. The molecule has 3 aromatic rings. The highest BCUT2D eigenvalue weighted by Crippen LogP contribution is 2.36. The number of nitrogens with zero attached hydrogens (tertiary/aromatic N) is 1. The highest BCUT2D eigenvalue weighted by atomic mass is 79.9. The van der Waals surface area contributed by atoms with Crippen LogP contribution < -0.4 is 14.8 Å². The van der Waals surface area contributed by atoms with Crippen LogP contribution in [-0.4, -0.2) is 12.5 Å². The largest absolute Gasteiger partial charge is 0.494 e. The highest BCUT2D eigenvalue weighted by Gasteiger charge is 2.13. The molecule has 0 unspecified atom stereocenters. The van der Waals surface area contributed by atoms with Crippen molar-refractivity contribution in [1.82, 2.24) is 0 Å². The van der Waals surface area contributed by atoms with Gasteiger partial charge in [0.25, 0.3) is 5.91 Å². The van der Waals surface area contributed by atoms with Crippen LogP contribution in [0.1, 0.15) is 18.1 Å². The summed E-state index contributed by atoms with van der Waals surface area (Å²) in [7, 11) is 0. The van der Waals surface area contributed by atoms with E-state index in [1.54, 1.807) is 54.6 Å². The number of rotatable bonds is 8. The van der Waals surface area contributed by atoms with E-state index in [2.05, 4.69) is 21.2 Å². The predicted octanol–water partition coefficient (Wildman–Crippen LogP) is 7.93. The number of amides is 1. The maximum Gasteiger partial charge on any atom is 0.266 e. The molecule has 3 rings (SSSR count). The number of carbonyl (C=O) groups excluding carboxylic acids is 1. The van der Waals surface area contributed by atoms with Gasteiger partial charge in [-0.05, 0) is 88.6 Å². The van der Waals surface area contributed by atoms with Crippen molar-refractivity contribution in [2.24, 2.45) is 0 Å². The summed E-state index contributed by atoms with van der Waals surface area (Å²) in [5, 5.41) is 13.4. The van der Waals surface area contributed by atoms with Gasteiger partial charge < -0.3 is 14.8 Å². The molecule has 0 saturated heterocycles. The Morgan fingerprint density at radius 1 is 1.03 bits per heavy atom. The molecular weight excluding hydrogens is 563 g/mol. The summed E-state index contributed by atoms with van der Waals surface area (Å²) in [6.07, 6.45) is 1.45. The second kappa shape index (κ2) is 12.1. The van der Waals surface area contributed by atoms with Gasteiger partial charge >= 0.3 is 0 Å². The van der Waals surface area contributed by atoms with E-state index in [0.29, 0.717) is 48.9 Å². The van der Waals surface area contributed by atoms with Gasteiger partial charge in [-0.25, -0.2) is 0 Å². The van der Waals surface area contributed by atoms with Crippen molar-refractivity contribution >= 4 is 68.4 Å². The summed E-state index contributed by atoms with van der Waals surface area (Å²) in [6.45, 7) is 2.65. The molecular formula is C25H18BrCl3N2O3. The lowest BCUT2D eigenvalue weighted by Crippen LogP contribution is -2.13. The Balaban J connectivity index is 1.73. The van der Waals surface area contributed by atoms with E-state index in [1.807, 2.05) is 13.0 Å². The average Bonchev–Trinajstić information content (AvgIpc) is 2.80. The highest BCUT2D eigenvalue weighted by molar-refractivity contribution is 9.10. The SMILES string of the molecule is CCOc1ccc(NC(=O)/C(C#N)=C\c2cc(Cl)c(OCc3ccc(Cl)c(Cl)c3)c(Br)c2)cc1. The molecule has 0 aliphatic heterocycles. The van der Waals surface area contributed by atoms with Crippen molar-refractivity contribution in [3.63, 3.8) is 0 Å². The molecule has 0 radical (unpaired) electrons. The number of ether oxygens (including phenoxy) is 2. The van der Waals surface area contributed by atoms with Gasteiger partial charge in [0, 0.05) is 5.69 Å². The van der Waals surface area contributed by atoms with E-state index >= 15 is 0 Å². The van der Waals surface area contributed by atoms with Crippen molar-refractivity contribution in [3.05, 3.63) is 90.8 Å². The summed E-state index contributed by atoms with van der Waals surface area (Å²) < 4.78 is 11.8. The number of anilines is 1. The Kier molecular flexibility index (Phi) is 9.26. The fourth-order valence-corrected chi connectivity index (χ4v) is 4.21. The number of halogens is 4. The summed E-state index contributed by atoms with van der Waals surface area (Å²) >= 11 is 21.8. The first-order valence-electron chi connectivity index (χ1n) is 10.0. The van der Waals surface area contributed by atoms with Crippen LogP contribution in [0.15, 0.2) is 64.6 Å². The number of nitrogens with one attached hydrogen (secondary N) is 1. The smallest absolute Gasteiger partial charge is 0.266 e. The van der Waals surface area contributed by atoms with Crippen molar-refractivity contribution in [1.29, 1.82) is 5.26 Å². The molecule has 0 heterocycles. The third-order valence-corrected chi connectivity index (χ3v) is 6.10. The summed E-state index contributed by atoms with van der Waals surface area (Å²) in [5.74, 6) is 0.568. The van der Waals surface area contributed by atoms with Gasteiger partial charge in [0.2, 0.25) is 0 Å². The van der Waals surface area contributed by atoms with E-state index < -0.39 is 5.91 Å². The maximum absolute atomic E-state index is 12.6. The van der Waals surface area contributed by atoms with Crippen molar-refractivity contribution < 1.29 is 14.3 Å². The van der Waals surface area contributed by atoms with E-state index in [4.69, 9.17) is 44.3 Å². The monoisotopic (exact) mass is 578 g/mol. The number of hydrogen-bond acceptors (Lipinski definition) is 4. The second-order valence-corrected chi connectivity index (χ2v) is 9.01. The zero-order valence-corrected chi connectivity index (χ0v) is 21.7. The first-order chi connectivity index (χ1) is 16.3. The van der Waals surface area contributed by atoms with Gasteiger partial charge in [0.1, 0.15) is 24.0 Å². The van der Waals surface area contributed by atoms with Crippen molar-refractivity contribution in [3.8, 4) is 17.6 Å². The first kappa shape index (κ1) is 25.9. The van der Waals surface area contributed by atoms with E-state index in [1.165, 1.54) is 6.08 Å². The van der Waals surface area contributed by atoms with Gasteiger partial charge in [0.15, 0.2) is 5.75 Å². The molecule has 0 saturated carbocycles. The zero-order valence-electron chi connectivity index (χ0n) is 17.9. The van der Waals surface area contributed by atoms with Crippen molar-refractivity contribution in [2.45, 2.75) is 13.5 Å². The topological polar surface area (TPSA) is 71.3 Å². The lowest BCUT2D eigenvalue weighted by atomic mass is 10.1. The Bertz CT molecular complexity index is 1250. The van der Waals surface area contributed by atoms with Crippen LogP contribution in [0.3, 0.4) is 0 Å². The molecule has 34 heavy (non-hydrogen) atoms. The molecule has 0 aliphatic rings. The minimum Gasteiger partial charge on any atom is -0.494 e. The fourth-order valence-electron chi connectivity index (χ4n) is 2.90. The zero-order chi connectivity index (χ0) is 24.7. The maximum atomic E-state index is 12.6. The lowest BCUT2D eigenvalue weighted by molar-refractivity contribution is -0.112. The van der Waals surface area contributed by atoms with E-state index in [9.17, 15) is 10.1 Å². The van der Waals surface area contributed by atoms with Gasteiger partial charge in [-0.1, -0.05) is 40.9 Å².